The molecule has 0 fully saturated rings. The normalized spacial score (nSPS) is 12.0. The Morgan fingerprint density at radius 3 is 2.29 bits per heavy atom. The van der Waals surface area contributed by atoms with E-state index in [0.29, 0.717) is 0 Å². The van der Waals surface area contributed by atoms with Crippen LogP contribution >= 0.6 is 0 Å². The van der Waals surface area contributed by atoms with Crippen molar-refractivity contribution >= 4 is 0 Å². The third-order valence-electron chi connectivity index (χ3n) is 3.78. The van der Waals surface area contributed by atoms with Gasteiger partial charge in [0.25, 0.3) is 0 Å². The summed E-state index contributed by atoms with van der Waals surface area (Å²) in [6.07, 6.45) is 1.94. The van der Waals surface area contributed by atoms with Crippen molar-refractivity contribution in [2.45, 2.75) is 60.5 Å². The van der Waals surface area contributed by atoms with Gasteiger partial charge in [0.05, 0.1) is 5.69 Å². The van der Waals surface area contributed by atoms with Crippen LogP contribution in [0.2, 0.25) is 0 Å². The van der Waals surface area contributed by atoms with E-state index in [4.69, 9.17) is 0 Å². The van der Waals surface area contributed by atoms with Gasteiger partial charge < -0.3 is 5.32 Å². The summed E-state index contributed by atoms with van der Waals surface area (Å²) >= 11 is 0. The van der Waals surface area contributed by atoms with Gasteiger partial charge in [-0.1, -0.05) is 0 Å². The topological polar surface area (TPSA) is 42.7 Å². The Kier molecular flexibility index (Phi) is 4.19. The second-order valence-electron chi connectivity index (χ2n) is 6.80. The second-order valence-corrected chi connectivity index (χ2v) is 6.80. The minimum Gasteiger partial charge on any atom is -0.308 e. The lowest BCUT2D eigenvalue weighted by atomic mass is 10.1. The van der Waals surface area contributed by atoms with E-state index in [0.717, 1.165) is 29.3 Å². The SMILES string of the molecule is Cc1cc(CNC(C)(C)C)cnc1-n1nc(C)c(C)c1C. The van der Waals surface area contributed by atoms with Gasteiger partial charge in [-0.25, -0.2) is 9.67 Å². The molecule has 0 aliphatic rings. The Morgan fingerprint density at radius 2 is 1.81 bits per heavy atom. The minimum atomic E-state index is 0.110. The van der Waals surface area contributed by atoms with Crippen molar-refractivity contribution in [3.05, 3.63) is 40.3 Å². The monoisotopic (exact) mass is 286 g/mol. The van der Waals surface area contributed by atoms with E-state index in [1.165, 1.54) is 11.1 Å². The van der Waals surface area contributed by atoms with Crippen LogP contribution in [0.15, 0.2) is 12.3 Å². The maximum Gasteiger partial charge on any atom is 0.156 e. The summed E-state index contributed by atoms with van der Waals surface area (Å²) in [5.74, 6) is 0.920. The minimum absolute atomic E-state index is 0.110. The number of nitrogens with zero attached hydrogens (tertiary/aromatic N) is 3. The Bertz CT molecular complexity index is 648. The zero-order valence-corrected chi connectivity index (χ0v) is 14.2. The largest absolute Gasteiger partial charge is 0.308 e. The Labute approximate surface area is 127 Å². The first-order valence-electron chi connectivity index (χ1n) is 7.43. The molecule has 4 nitrogen and oxygen atoms in total. The molecule has 0 atom stereocenters. The highest BCUT2D eigenvalue weighted by atomic mass is 15.3. The molecule has 21 heavy (non-hydrogen) atoms. The lowest BCUT2D eigenvalue weighted by Crippen LogP contribution is -2.35. The number of aromatic nitrogens is 3. The van der Waals surface area contributed by atoms with Gasteiger partial charge in [0.15, 0.2) is 5.82 Å². The van der Waals surface area contributed by atoms with Gasteiger partial charge >= 0.3 is 0 Å². The van der Waals surface area contributed by atoms with E-state index < -0.39 is 0 Å². The van der Waals surface area contributed by atoms with E-state index in [1.54, 1.807) is 0 Å². The van der Waals surface area contributed by atoms with Gasteiger partial charge in [0.2, 0.25) is 0 Å². The van der Waals surface area contributed by atoms with Crippen molar-refractivity contribution < 1.29 is 0 Å². The zero-order chi connectivity index (χ0) is 15.8. The zero-order valence-electron chi connectivity index (χ0n) is 14.2. The Hall–Kier alpha value is -1.68. The van der Waals surface area contributed by atoms with Crippen LogP contribution in [0.5, 0.6) is 0 Å². The molecule has 0 aromatic carbocycles. The average molecular weight is 286 g/mol. The molecule has 2 aromatic rings. The predicted molar refractivity (Wildman–Crippen MR) is 86.9 cm³/mol. The first-order valence-corrected chi connectivity index (χ1v) is 7.43. The van der Waals surface area contributed by atoms with E-state index in [-0.39, 0.29) is 5.54 Å². The number of aryl methyl sites for hydroxylation is 2. The van der Waals surface area contributed by atoms with Crippen LogP contribution < -0.4 is 5.32 Å². The molecule has 0 aliphatic carbocycles. The first-order chi connectivity index (χ1) is 9.69. The molecule has 0 amide bonds. The average Bonchev–Trinajstić information content (AvgIpc) is 2.63. The molecule has 0 aliphatic heterocycles. The van der Waals surface area contributed by atoms with Gasteiger partial charge in [-0.2, -0.15) is 5.10 Å². The van der Waals surface area contributed by atoms with Gasteiger partial charge in [-0.15, -0.1) is 0 Å². The highest BCUT2D eigenvalue weighted by Gasteiger charge is 2.13. The fourth-order valence-corrected chi connectivity index (χ4v) is 2.24. The lowest BCUT2D eigenvalue weighted by molar-refractivity contribution is 0.424. The van der Waals surface area contributed by atoms with Crippen molar-refractivity contribution in [3.8, 4) is 5.82 Å². The van der Waals surface area contributed by atoms with Crippen LogP contribution in [0, 0.1) is 27.7 Å². The molecule has 4 heteroatoms. The second kappa shape index (κ2) is 5.60. The molecule has 0 bridgehead atoms. The van der Waals surface area contributed by atoms with Gasteiger partial charge in [-0.3, -0.25) is 0 Å². The van der Waals surface area contributed by atoms with Crippen molar-refractivity contribution in [1.82, 2.24) is 20.1 Å². The van der Waals surface area contributed by atoms with E-state index in [9.17, 15) is 0 Å². The van der Waals surface area contributed by atoms with Crippen molar-refractivity contribution in [3.63, 3.8) is 0 Å². The predicted octanol–water partition coefficient (Wildman–Crippen LogP) is 3.39. The van der Waals surface area contributed by atoms with E-state index in [1.807, 2.05) is 17.8 Å². The summed E-state index contributed by atoms with van der Waals surface area (Å²) in [4.78, 5) is 4.62. The molecule has 0 saturated heterocycles. The molecule has 0 radical (unpaired) electrons. The summed E-state index contributed by atoms with van der Waals surface area (Å²) in [5.41, 5.74) is 5.91. The summed E-state index contributed by atoms with van der Waals surface area (Å²) in [7, 11) is 0. The highest BCUT2D eigenvalue weighted by molar-refractivity contribution is 5.38. The molecule has 0 saturated carbocycles. The van der Waals surface area contributed by atoms with Crippen LogP contribution in [0.3, 0.4) is 0 Å². The molecular formula is C17H26N4. The standard InChI is InChI=1S/C17H26N4/c1-11-8-15(10-19-17(5,6)7)9-18-16(11)21-14(4)12(2)13(3)20-21/h8-9,19H,10H2,1-7H3. The lowest BCUT2D eigenvalue weighted by Gasteiger charge is -2.20. The summed E-state index contributed by atoms with van der Waals surface area (Å²) in [5, 5.41) is 8.08. The fourth-order valence-electron chi connectivity index (χ4n) is 2.24. The van der Waals surface area contributed by atoms with Gasteiger partial charge in [-0.05, 0) is 71.2 Å². The third kappa shape index (κ3) is 3.50. The Morgan fingerprint density at radius 1 is 1.14 bits per heavy atom. The third-order valence-corrected chi connectivity index (χ3v) is 3.78. The van der Waals surface area contributed by atoms with Gasteiger partial charge in [0.1, 0.15) is 0 Å². The van der Waals surface area contributed by atoms with Gasteiger partial charge in [0, 0.05) is 24.0 Å². The van der Waals surface area contributed by atoms with Crippen molar-refractivity contribution in [1.29, 1.82) is 0 Å². The molecule has 114 valence electrons. The van der Waals surface area contributed by atoms with E-state index in [2.05, 4.69) is 63.0 Å². The first kappa shape index (κ1) is 15.7. The smallest absolute Gasteiger partial charge is 0.156 e. The maximum atomic E-state index is 4.62. The van der Waals surface area contributed by atoms with Crippen LogP contribution in [-0.2, 0) is 6.54 Å². The van der Waals surface area contributed by atoms with E-state index >= 15 is 0 Å². The van der Waals surface area contributed by atoms with Crippen LogP contribution in [0.1, 0.15) is 48.8 Å². The molecule has 0 unspecified atom stereocenters. The van der Waals surface area contributed by atoms with Crippen LogP contribution in [-0.4, -0.2) is 20.3 Å². The number of hydrogen-bond acceptors (Lipinski definition) is 3. The maximum absolute atomic E-state index is 4.62. The van der Waals surface area contributed by atoms with Crippen LogP contribution in [0.25, 0.3) is 5.82 Å². The quantitative estimate of drug-likeness (QED) is 0.940. The molecule has 0 spiro atoms. The fraction of sp³-hybridized carbons (Fsp3) is 0.529. The molecule has 1 N–H and O–H groups in total. The number of rotatable bonds is 3. The number of pyridine rings is 1. The summed E-state index contributed by atoms with van der Waals surface area (Å²) in [6, 6.07) is 2.19. The molecule has 2 rings (SSSR count). The highest BCUT2D eigenvalue weighted by Crippen LogP contribution is 2.18. The molecule has 2 heterocycles. The number of nitrogens with one attached hydrogen (secondary N) is 1. The Balaban J connectivity index is 2.29. The van der Waals surface area contributed by atoms with Crippen molar-refractivity contribution in [2.24, 2.45) is 0 Å². The van der Waals surface area contributed by atoms with Crippen molar-refractivity contribution in [2.75, 3.05) is 0 Å². The van der Waals surface area contributed by atoms with Crippen LogP contribution in [0.4, 0.5) is 0 Å². The number of hydrogen-bond donors (Lipinski definition) is 1. The summed E-state index contributed by atoms with van der Waals surface area (Å²) in [6.45, 7) is 15.6. The summed E-state index contributed by atoms with van der Waals surface area (Å²) < 4.78 is 1.95. The molecule has 2 aromatic heterocycles. The molecular weight excluding hydrogens is 260 g/mol.